The summed E-state index contributed by atoms with van der Waals surface area (Å²) in [6.45, 7) is 8.83. The lowest BCUT2D eigenvalue weighted by molar-refractivity contribution is -0.117. The predicted molar refractivity (Wildman–Crippen MR) is 108 cm³/mol. The smallest absolute Gasteiger partial charge is 0.253 e. The second kappa shape index (κ2) is 9.19. The summed E-state index contributed by atoms with van der Waals surface area (Å²) in [7, 11) is -4.01. The van der Waals surface area contributed by atoms with Crippen molar-refractivity contribution in [2.45, 2.75) is 45.6 Å². The monoisotopic (exact) mass is 422 g/mol. The van der Waals surface area contributed by atoms with Gasteiger partial charge in [0.25, 0.3) is 5.91 Å². The molecule has 2 aromatic rings. The molecule has 10 heteroatoms. The number of amides is 2. The highest BCUT2D eigenvalue weighted by atomic mass is 32.2. The fourth-order valence-corrected chi connectivity index (χ4v) is 4.16. The molecule has 1 aromatic carbocycles. The van der Waals surface area contributed by atoms with E-state index in [9.17, 15) is 18.0 Å². The Balaban J connectivity index is 2.13. The largest absolute Gasteiger partial charge is 0.360 e. The van der Waals surface area contributed by atoms with E-state index < -0.39 is 22.0 Å². The molecule has 2 amide bonds. The van der Waals surface area contributed by atoms with E-state index in [1.807, 2.05) is 13.8 Å². The number of hydrogen-bond acceptors (Lipinski definition) is 6. The number of benzene rings is 1. The van der Waals surface area contributed by atoms with E-state index >= 15 is 0 Å². The van der Waals surface area contributed by atoms with Crippen LogP contribution in [0.4, 0.5) is 5.69 Å². The molecule has 0 aliphatic heterocycles. The van der Waals surface area contributed by atoms with Gasteiger partial charge in [-0.15, -0.1) is 0 Å². The van der Waals surface area contributed by atoms with Gasteiger partial charge < -0.3 is 15.2 Å². The Morgan fingerprint density at radius 1 is 1.14 bits per heavy atom. The molecule has 0 saturated carbocycles. The fourth-order valence-electron chi connectivity index (χ4n) is 2.63. The molecule has 1 heterocycles. The average Bonchev–Trinajstić information content (AvgIpc) is 2.98. The summed E-state index contributed by atoms with van der Waals surface area (Å²) in [5, 5.41) is 9.03. The molecule has 0 aliphatic carbocycles. The summed E-state index contributed by atoms with van der Waals surface area (Å²) in [6.07, 6.45) is 0. The first-order chi connectivity index (χ1) is 13.5. The zero-order valence-electron chi connectivity index (χ0n) is 17.1. The maximum absolute atomic E-state index is 12.6. The molecule has 1 aromatic heterocycles. The number of aromatic nitrogens is 1. The Morgan fingerprint density at radius 3 is 2.38 bits per heavy atom. The van der Waals surface area contributed by atoms with Crippen LogP contribution in [0.1, 0.15) is 42.6 Å². The molecular formula is C19H26N4O5S. The van der Waals surface area contributed by atoms with E-state index in [2.05, 4.69) is 20.5 Å². The maximum atomic E-state index is 12.6. The number of nitrogens with one attached hydrogen (secondary N) is 3. The fraction of sp³-hybridized carbons (Fsp3) is 0.421. The standard InChI is InChI=1S/C19H26N4O5S/c1-11(2)10-20-19(25)15-8-6-7-9-16(15)21-18(24)13(4)23-29(26,27)17-12(3)22-28-14(17)5/h6-9,11,13,23H,10H2,1-5H3,(H,20,25)(H,21,24)/t13-/m0/s1. The molecule has 158 valence electrons. The van der Waals surface area contributed by atoms with E-state index in [0.29, 0.717) is 17.8 Å². The van der Waals surface area contributed by atoms with Crippen LogP contribution in [0.15, 0.2) is 33.7 Å². The Kier molecular flexibility index (Phi) is 7.15. The number of carbonyl (C=O) groups is 2. The normalized spacial score (nSPS) is 12.6. The number of para-hydroxylation sites is 1. The van der Waals surface area contributed by atoms with Crippen molar-refractivity contribution in [1.82, 2.24) is 15.2 Å². The number of aryl methyl sites for hydroxylation is 2. The van der Waals surface area contributed by atoms with Crippen molar-refractivity contribution in [1.29, 1.82) is 0 Å². The van der Waals surface area contributed by atoms with Gasteiger partial charge in [-0.1, -0.05) is 31.1 Å². The highest BCUT2D eigenvalue weighted by Gasteiger charge is 2.28. The molecular weight excluding hydrogens is 396 g/mol. The van der Waals surface area contributed by atoms with Crippen molar-refractivity contribution < 1.29 is 22.5 Å². The van der Waals surface area contributed by atoms with Gasteiger partial charge in [-0.05, 0) is 38.8 Å². The Bertz CT molecular complexity index is 978. The van der Waals surface area contributed by atoms with Gasteiger partial charge in [0.05, 0.1) is 17.3 Å². The Morgan fingerprint density at radius 2 is 1.79 bits per heavy atom. The van der Waals surface area contributed by atoms with E-state index in [-0.39, 0.29) is 28.2 Å². The number of anilines is 1. The first-order valence-corrected chi connectivity index (χ1v) is 10.6. The van der Waals surface area contributed by atoms with Crippen LogP contribution in [0, 0.1) is 19.8 Å². The molecule has 0 spiro atoms. The van der Waals surface area contributed by atoms with E-state index in [1.54, 1.807) is 24.3 Å². The van der Waals surface area contributed by atoms with Crippen molar-refractivity contribution in [2.24, 2.45) is 5.92 Å². The highest BCUT2D eigenvalue weighted by molar-refractivity contribution is 7.89. The van der Waals surface area contributed by atoms with Crippen LogP contribution in [0.2, 0.25) is 0 Å². The molecule has 2 rings (SSSR count). The lowest BCUT2D eigenvalue weighted by atomic mass is 10.1. The predicted octanol–water partition coefficient (Wildman–Crippen LogP) is 1.98. The number of sulfonamides is 1. The minimum Gasteiger partial charge on any atom is -0.360 e. The van der Waals surface area contributed by atoms with Crippen LogP contribution in [0.5, 0.6) is 0 Å². The average molecular weight is 423 g/mol. The molecule has 0 aliphatic rings. The van der Waals surface area contributed by atoms with Crippen LogP contribution in [0.25, 0.3) is 0 Å². The van der Waals surface area contributed by atoms with Crippen LogP contribution in [0.3, 0.4) is 0 Å². The molecule has 29 heavy (non-hydrogen) atoms. The third kappa shape index (κ3) is 5.64. The number of carbonyl (C=O) groups excluding carboxylic acids is 2. The van der Waals surface area contributed by atoms with Gasteiger partial charge in [0.15, 0.2) is 5.76 Å². The zero-order valence-corrected chi connectivity index (χ0v) is 17.9. The van der Waals surface area contributed by atoms with Crippen LogP contribution >= 0.6 is 0 Å². The van der Waals surface area contributed by atoms with Crippen molar-refractivity contribution in [3.05, 3.63) is 41.3 Å². The van der Waals surface area contributed by atoms with Crippen molar-refractivity contribution in [3.63, 3.8) is 0 Å². The van der Waals surface area contributed by atoms with Gasteiger partial charge in [-0.2, -0.15) is 4.72 Å². The first-order valence-electron chi connectivity index (χ1n) is 9.16. The molecule has 3 N–H and O–H groups in total. The third-order valence-corrected chi connectivity index (χ3v) is 5.85. The number of hydrogen-bond donors (Lipinski definition) is 3. The Hall–Kier alpha value is -2.72. The molecule has 9 nitrogen and oxygen atoms in total. The summed E-state index contributed by atoms with van der Waals surface area (Å²) in [4.78, 5) is 24.9. The van der Waals surface area contributed by atoms with E-state index in [0.717, 1.165) is 0 Å². The highest BCUT2D eigenvalue weighted by Crippen LogP contribution is 2.20. The van der Waals surface area contributed by atoms with Gasteiger partial charge in [0.2, 0.25) is 15.9 Å². The molecule has 0 fully saturated rings. The third-order valence-electron chi connectivity index (χ3n) is 4.06. The summed E-state index contributed by atoms with van der Waals surface area (Å²) in [5.74, 6) is -0.516. The summed E-state index contributed by atoms with van der Waals surface area (Å²) in [5.41, 5.74) is 0.791. The van der Waals surface area contributed by atoms with Gasteiger partial charge in [-0.3, -0.25) is 9.59 Å². The van der Waals surface area contributed by atoms with Gasteiger partial charge in [0.1, 0.15) is 10.6 Å². The van der Waals surface area contributed by atoms with Crippen molar-refractivity contribution >= 4 is 27.5 Å². The van der Waals surface area contributed by atoms with Crippen LogP contribution in [-0.4, -0.2) is 38.0 Å². The van der Waals surface area contributed by atoms with Gasteiger partial charge in [0, 0.05) is 6.54 Å². The van der Waals surface area contributed by atoms with E-state index in [4.69, 9.17) is 4.52 Å². The summed E-state index contributed by atoms with van der Waals surface area (Å²) in [6, 6.07) is 5.43. The Labute approximate surface area is 170 Å². The summed E-state index contributed by atoms with van der Waals surface area (Å²) >= 11 is 0. The summed E-state index contributed by atoms with van der Waals surface area (Å²) < 4.78 is 32.3. The second-order valence-electron chi connectivity index (χ2n) is 7.13. The maximum Gasteiger partial charge on any atom is 0.253 e. The SMILES string of the molecule is Cc1noc(C)c1S(=O)(=O)N[C@@H](C)C(=O)Nc1ccccc1C(=O)NCC(C)C. The molecule has 0 radical (unpaired) electrons. The lowest BCUT2D eigenvalue weighted by Gasteiger charge is -2.16. The van der Waals surface area contributed by atoms with Crippen LogP contribution in [-0.2, 0) is 14.8 Å². The van der Waals surface area contributed by atoms with Gasteiger partial charge >= 0.3 is 0 Å². The van der Waals surface area contributed by atoms with Gasteiger partial charge in [-0.25, -0.2) is 8.42 Å². The second-order valence-corrected chi connectivity index (χ2v) is 8.79. The van der Waals surface area contributed by atoms with Crippen molar-refractivity contribution in [3.8, 4) is 0 Å². The lowest BCUT2D eigenvalue weighted by Crippen LogP contribution is -2.42. The number of nitrogens with zero attached hydrogens (tertiary/aromatic N) is 1. The minimum atomic E-state index is -4.01. The van der Waals surface area contributed by atoms with Crippen molar-refractivity contribution in [2.75, 3.05) is 11.9 Å². The van der Waals surface area contributed by atoms with E-state index in [1.165, 1.54) is 20.8 Å². The zero-order chi connectivity index (χ0) is 21.8. The molecule has 1 atom stereocenters. The topological polar surface area (TPSA) is 130 Å². The molecule has 0 bridgehead atoms. The van der Waals surface area contributed by atoms with Crippen LogP contribution < -0.4 is 15.4 Å². The molecule has 0 unspecified atom stereocenters. The molecule has 0 saturated heterocycles. The quantitative estimate of drug-likeness (QED) is 0.596. The minimum absolute atomic E-state index is 0.0920. The first kappa shape index (κ1) is 22.6. The number of rotatable bonds is 8.